The molecule has 1 saturated heterocycles. The van der Waals surface area contributed by atoms with Gasteiger partial charge < -0.3 is 9.31 Å². The highest BCUT2D eigenvalue weighted by Gasteiger charge is 2.52. The third-order valence-corrected chi connectivity index (χ3v) is 3.56. The number of aryl methyl sites for hydroxylation is 1. The van der Waals surface area contributed by atoms with E-state index >= 15 is 0 Å². The topological polar surface area (TPSA) is 31.4 Å². The van der Waals surface area contributed by atoms with E-state index in [0.29, 0.717) is 5.59 Å². The molecule has 3 nitrogen and oxygen atoms in total. The van der Waals surface area contributed by atoms with Crippen LogP contribution in [0.1, 0.15) is 33.3 Å². The van der Waals surface area contributed by atoms with Crippen LogP contribution in [-0.4, -0.2) is 23.3 Å². The van der Waals surface area contributed by atoms with Gasteiger partial charge in [-0.3, -0.25) is 4.98 Å². The molecule has 0 aromatic carbocycles. The van der Waals surface area contributed by atoms with Gasteiger partial charge in [-0.2, -0.15) is 0 Å². The van der Waals surface area contributed by atoms with E-state index in [0.717, 1.165) is 5.56 Å². The van der Waals surface area contributed by atoms with Gasteiger partial charge in [0, 0.05) is 0 Å². The molecule has 1 aromatic heterocycles. The zero-order valence-corrected chi connectivity index (χ0v) is 10.9. The fourth-order valence-electron chi connectivity index (χ4n) is 1.75. The zero-order valence-electron chi connectivity index (χ0n) is 10.9. The lowest BCUT2D eigenvalue weighted by molar-refractivity contribution is 0.00578. The van der Waals surface area contributed by atoms with Crippen LogP contribution in [0.3, 0.4) is 0 Å². The SMILES string of the molecule is Cc1cc(F)cnc1B1OC(C)(C)C(C)(C)O1. The van der Waals surface area contributed by atoms with Gasteiger partial charge in [-0.25, -0.2) is 4.39 Å². The first-order chi connectivity index (χ1) is 7.73. The first-order valence-electron chi connectivity index (χ1n) is 5.71. The first kappa shape index (κ1) is 12.5. The largest absolute Gasteiger partial charge is 0.514 e. The Morgan fingerprint density at radius 3 is 2.18 bits per heavy atom. The molecule has 0 N–H and O–H groups in total. The molecule has 1 aliphatic heterocycles. The Balaban J connectivity index is 2.32. The maximum atomic E-state index is 13.0. The quantitative estimate of drug-likeness (QED) is 0.698. The van der Waals surface area contributed by atoms with Crippen LogP contribution in [0.4, 0.5) is 4.39 Å². The number of halogens is 1. The molecule has 0 unspecified atom stereocenters. The number of pyridine rings is 1. The molecule has 0 radical (unpaired) electrons. The van der Waals surface area contributed by atoms with Crippen LogP contribution in [0.25, 0.3) is 0 Å². The van der Waals surface area contributed by atoms with Crippen molar-refractivity contribution in [3.05, 3.63) is 23.6 Å². The highest BCUT2D eigenvalue weighted by molar-refractivity contribution is 6.61. The molecule has 1 aliphatic rings. The lowest BCUT2D eigenvalue weighted by Gasteiger charge is -2.32. The number of hydrogen-bond acceptors (Lipinski definition) is 3. The standard InChI is InChI=1S/C12H17BFNO2/c1-8-6-9(14)7-15-10(8)13-16-11(2,3)12(4,5)17-13/h6-7H,1-5H3. The van der Waals surface area contributed by atoms with Gasteiger partial charge in [0.2, 0.25) is 0 Å². The molecule has 0 bridgehead atoms. The van der Waals surface area contributed by atoms with Gasteiger partial charge in [0.25, 0.3) is 0 Å². The van der Waals surface area contributed by atoms with Gasteiger partial charge >= 0.3 is 7.12 Å². The lowest BCUT2D eigenvalue weighted by atomic mass is 9.81. The van der Waals surface area contributed by atoms with E-state index in [4.69, 9.17) is 9.31 Å². The minimum absolute atomic E-state index is 0.345. The molecule has 1 aromatic rings. The second-order valence-corrected chi connectivity index (χ2v) is 5.44. The third kappa shape index (κ3) is 2.09. The van der Waals surface area contributed by atoms with Crippen LogP contribution < -0.4 is 5.59 Å². The fourth-order valence-corrected chi connectivity index (χ4v) is 1.75. The summed E-state index contributed by atoms with van der Waals surface area (Å²) >= 11 is 0. The summed E-state index contributed by atoms with van der Waals surface area (Å²) in [6, 6.07) is 1.44. The summed E-state index contributed by atoms with van der Waals surface area (Å²) in [5.74, 6) is -0.345. The van der Waals surface area contributed by atoms with Crippen molar-refractivity contribution in [3.63, 3.8) is 0 Å². The van der Waals surface area contributed by atoms with Gasteiger partial charge in [-0.15, -0.1) is 0 Å². The van der Waals surface area contributed by atoms with Crippen molar-refractivity contribution in [2.75, 3.05) is 0 Å². The summed E-state index contributed by atoms with van der Waals surface area (Å²) in [7, 11) is -0.527. The van der Waals surface area contributed by atoms with E-state index in [2.05, 4.69) is 4.98 Å². The van der Waals surface area contributed by atoms with Gasteiger partial charge in [0.15, 0.2) is 0 Å². The second-order valence-electron chi connectivity index (χ2n) is 5.44. The molecule has 0 saturated carbocycles. The molecule has 1 fully saturated rings. The Bertz CT molecular complexity index is 432. The van der Waals surface area contributed by atoms with Gasteiger partial charge in [-0.1, -0.05) is 0 Å². The molecule has 5 heteroatoms. The summed E-state index contributed by atoms with van der Waals surface area (Å²) in [6.45, 7) is 9.71. The first-order valence-corrected chi connectivity index (χ1v) is 5.71. The van der Waals surface area contributed by atoms with Crippen LogP contribution in [0.5, 0.6) is 0 Å². The molecule has 0 amide bonds. The van der Waals surface area contributed by atoms with E-state index < -0.39 is 18.3 Å². The van der Waals surface area contributed by atoms with Crippen molar-refractivity contribution in [3.8, 4) is 0 Å². The smallest absolute Gasteiger partial charge is 0.398 e. The molecule has 92 valence electrons. The van der Waals surface area contributed by atoms with Crippen LogP contribution in [0.2, 0.25) is 0 Å². The van der Waals surface area contributed by atoms with Crippen LogP contribution in [0, 0.1) is 12.7 Å². The minimum Gasteiger partial charge on any atom is -0.398 e. The van der Waals surface area contributed by atoms with Crippen molar-refractivity contribution in [1.82, 2.24) is 4.98 Å². The van der Waals surface area contributed by atoms with E-state index in [1.165, 1.54) is 12.3 Å². The van der Waals surface area contributed by atoms with Crippen molar-refractivity contribution in [2.24, 2.45) is 0 Å². The summed E-state index contributed by atoms with van der Waals surface area (Å²) in [6.07, 6.45) is 1.19. The molecule has 0 spiro atoms. The average molecular weight is 237 g/mol. The maximum absolute atomic E-state index is 13.0. The van der Waals surface area contributed by atoms with Crippen LogP contribution in [-0.2, 0) is 9.31 Å². The van der Waals surface area contributed by atoms with Crippen molar-refractivity contribution < 1.29 is 13.7 Å². The van der Waals surface area contributed by atoms with Crippen molar-refractivity contribution in [2.45, 2.75) is 45.8 Å². The Kier molecular flexibility index (Phi) is 2.79. The predicted molar refractivity (Wildman–Crippen MR) is 64.6 cm³/mol. The van der Waals surface area contributed by atoms with E-state index in [-0.39, 0.29) is 5.82 Å². The van der Waals surface area contributed by atoms with Gasteiger partial charge in [0.1, 0.15) is 5.82 Å². The van der Waals surface area contributed by atoms with Crippen molar-refractivity contribution in [1.29, 1.82) is 0 Å². The number of hydrogen-bond donors (Lipinski definition) is 0. The number of aromatic nitrogens is 1. The van der Waals surface area contributed by atoms with Gasteiger partial charge in [-0.05, 0) is 46.2 Å². The summed E-state index contributed by atoms with van der Waals surface area (Å²) < 4.78 is 24.7. The fraction of sp³-hybridized carbons (Fsp3) is 0.583. The Hall–Kier alpha value is -0.935. The Labute approximate surface area is 101 Å². The Morgan fingerprint density at radius 1 is 1.18 bits per heavy atom. The summed E-state index contributed by atoms with van der Waals surface area (Å²) in [4.78, 5) is 4.07. The molecular weight excluding hydrogens is 220 g/mol. The molecule has 17 heavy (non-hydrogen) atoms. The maximum Gasteiger partial charge on any atom is 0.514 e. The molecule has 2 rings (SSSR count). The van der Waals surface area contributed by atoms with Crippen LogP contribution >= 0.6 is 0 Å². The predicted octanol–water partition coefficient (Wildman–Crippen LogP) is 1.83. The van der Waals surface area contributed by atoms with E-state index in [1.54, 1.807) is 6.92 Å². The van der Waals surface area contributed by atoms with E-state index in [1.807, 2.05) is 27.7 Å². The van der Waals surface area contributed by atoms with Crippen molar-refractivity contribution >= 4 is 12.7 Å². The van der Waals surface area contributed by atoms with E-state index in [9.17, 15) is 4.39 Å². The highest BCUT2D eigenvalue weighted by Crippen LogP contribution is 2.36. The summed E-state index contributed by atoms with van der Waals surface area (Å²) in [5, 5.41) is 0. The third-order valence-electron chi connectivity index (χ3n) is 3.56. The molecular formula is C12H17BFNO2. The normalized spacial score (nSPS) is 21.9. The van der Waals surface area contributed by atoms with Crippen LogP contribution in [0.15, 0.2) is 12.3 Å². The lowest BCUT2D eigenvalue weighted by Crippen LogP contribution is -2.41. The monoisotopic (exact) mass is 237 g/mol. The van der Waals surface area contributed by atoms with Gasteiger partial charge in [0.05, 0.1) is 23.0 Å². The highest BCUT2D eigenvalue weighted by atomic mass is 19.1. The zero-order chi connectivity index (χ0) is 12.8. The molecule has 0 atom stereocenters. The Morgan fingerprint density at radius 2 is 1.71 bits per heavy atom. The summed E-state index contributed by atoms with van der Waals surface area (Å²) in [5.41, 5.74) is 0.578. The molecule has 0 aliphatic carbocycles. The number of rotatable bonds is 1. The minimum atomic E-state index is -0.527. The number of nitrogens with zero attached hydrogens (tertiary/aromatic N) is 1. The second kappa shape index (κ2) is 3.78. The molecule has 2 heterocycles. The average Bonchev–Trinajstić information content (AvgIpc) is 2.35.